The van der Waals surface area contributed by atoms with Gasteiger partial charge in [0.1, 0.15) is 12.9 Å². The second-order valence-electron chi connectivity index (χ2n) is 3.14. The topological polar surface area (TPSA) is 47.9 Å². The molecule has 0 fully saturated rings. The van der Waals surface area contributed by atoms with E-state index in [4.69, 9.17) is 14.2 Å². The summed E-state index contributed by atoms with van der Waals surface area (Å²) in [5, 5.41) is 9.53. The molecular weight excluding hydrogens is 184 g/mol. The molecule has 0 aromatic heterocycles. The van der Waals surface area contributed by atoms with Crippen LogP contribution < -0.4 is 9.47 Å². The molecule has 4 nitrogen and oxygen atoms in total. The molecule has 4 heteroatoms. The predicted octanol–water partition coefficient (Wildman–Crippen LogP) is 1.80. The first-order chi connectivity index (χ1) is 6.86. The number of ether oxygens (including phenoxy) is 3. The summed E-state index contributed by atoms with van der Waals surface area (Å²) in [6.07, 6.45) is 1.34. The van der Waals surface area contributed by atoms with E-state index in [2.05, 4.69) is 0 Å². The molecule has 2 aliphatic heterocycles. The highest BCUT2D eigenvalue weighted by Gasteiger charge is 2.24. The van der Waals surface area contributed by atoms with E-state index in [9.17, 15) is 5.11 Å². The fourth-order valence-electron chi connectivity index (χ4n) is 1.68. The van der Waals surface area contributed by atoms with Crippen molar-refractivity contribution in [2.24, 2.45) is 0 Å². The van der Waals surface area contributed by atoms with Gasteiger partial charge in [0.15, 0.2) is 17.3 Å². The van der Waals surface area contributed by atoms with Crippen LogP contribution in [0.4, 0.5) is 0 Å². The molecule has 0 radical (unpaired) electrons. The minimum absolute atomic E-state index is 0.129. The van der Waals surface area contributed by atoms with E-state index in [-0.39, 0.29) is 12.6 Å². The van der Waals surface area contributed by atoms with Crippen LogP contribution in [0.5, 0.6) is 11.5 Å². The summed E-state index contributed by atoms with van der Waals surface area (Å²) < 4.78 is 15.6. The largest absolute Gasteiger partial charge is 0.504 e. The Balaban J connectivity index is 2.24. The molecule has 0 bridgehead atoms. The monoisotopic (exact) mass is 192 g/mol. The van der Waals surface area contributed by atoms with Gasteiger partial charge in [-0.2, -0.15) is 0 Å². The molecule has 1 aromatic carbocycles. The molecule has 1 N–H and O–H groups in total. The van der Waals surface area contributed by atoms with E-state index >= 15 is 0 Å². The molecule has 0 spiro atoms. The maximum absolute atomic E-state index is 9.53. The lowest BCUT2D eigenvalue weighted by Gasteiger charge is -2.15. The van der Waals surface area contributed by atoms with Crippen molar-refractivity contribution in [2.45, 2.75) is 6.61 Å². The zero-order valence-corrected chi connectivity index (χ0v) is 7.32. The number of benzene rings is 1. The van der Waals surface area contributed by atoms with Gasteiger partial charge >= 0.3 is 0 Å². The minimum atomic E-state index is 0.129. The van der Waals surface area contributed by atoms with Crippen molar-refractivity contribution in [3.8, 4) is 11.5 Å². The Kier molecular flexibility index (Phi) is 1.39. The van der Waals surface area contributed by atoms with Crippen LogP contribution in [-0.4, -0.2) is 11.9 Å². The average molecular weight is 192 g/mol. The lowest BCUT2D eigenvalue weighted by Crippen LogP contribution is -2.03. The lowest BCUT2D eigenvalue weighted by molar-refractivity contribution is 0.168. The average Bonchev–Trinajstić information content (AvgIpc) is 2.66. The Morgan fingerprint density at radius 1 is 1.21 bits per heavy atom. The third-order valence-corrected chi connectivity index (χ3v) is 2.34. The van der Waals surface area contributed by atoms with Gasteiger partial charge in [-0.1, -0.05) is 0 Å². The Morgan fingerprint density at radius 3 is 3.07 bits per heavy atom. The highest BCUT2D eigenvalue weighted by Crippen LogP contribution is 2.40. The summed E-state index contributed by atoms with van der Waals surface area (Å²) in [6, 6.07) is 3.59. The van der Waals surface area contributed by atoms with Crippen LogP contribution in [0.25, 0.3) is 5.76 Å². The first kappa shape index (κ1) is 7.55. The molecule has 0 unspecified atom stereocenters. The summed E-state index contributed by atoms with van der Waals surface area (Å²) >= 11 is 0. The molecule has 0 saturated heterocycles. The summed E-state index contributed by atoms with van der Waals surface area (Å²) in [5.74, 6) is 1.52. The number of hydrogen-bond acceptors (Lipinski definition) is 4. The van der Waals surface area contributed by atoms with Gasteiger partial charge in [-0.3, -0.25) is 0 Å². The van der Waals surface area contributed by atoms with Crippen LogP contribution in [0, 0.1) is 0 Å². The van der Waals surface area contributed by atoms with Crippen molar-refractivity contribution >= 4 is 5.76 Å². The first-order valence-corrected chi connectivity index (χ1v) is 4.29. The quantitative estimate of drug-likeness (QED) is 0.680. The second-order valence-corrected chi connectivity index (χ2v) is 3.14. The van der Waals surface area contributed by atoms with Gasteiger partial charge in [-0.15, -0.1) is 0 Å². The van der Waals surface area contributed by atoms with Gasteiger partial charge in [0.05, 0.1) is 0 Å². The molecule has 2 heterocycles. The second kappa shape index (κ2) is 2.57. The summed E-state index contributed by atoms with van der Waals surface area (Å²) in [4.78, 5) is 0. The number of fused-ring (bicyclic) bond motifs is 3. The normalized spacial score (nSPS) is 17.0. The number of aliphatic hydroxyl groups is 1. The van der Waals surface area contributed by atoms with Crippen LogP contribution in [-0.2, 0) is 11.3 Å². The van der Waals surface area contributed by atoms with Gasteiger partial charge in [-0.25, -0.2) is 0 Å². The SMILES string of the molecule is OC1=COCc2c1ccc1c2OCO1. The Labute approximate surface area is 80.3 Å². The summed E-state index contributed by atoms with van der Waals surface area (Å²) in [5.41, 5.74) is 1.60. The molecule has 3 rings (SSSR count). The molecular formula is C10H8O4. The van der Waals surface area contributed by atoms with E-state index < -0.39 is 0 Å². The van der Waals surface area contributed by atoms with Crippen LogP contribution in [0.3, 0.4) is 0 Å². The lowest BCUT2D eigenvalue weighted by atomic mass is 10.0. The van der Waals surface area contributed by atoms with E-state index in [0.717, 1.165) is 11.1 Å². The fraction of sp³-hybridized carbons (Fsp3) is 0.200. The number of aliphatic hydroxyl groups excluding tert-OH is 1. The van der Waals surface area contributed by atoms with Crippen LogP contribution in [0.1, 0.15) is 11.1 Å². The van der Waals surface area contributed by atoms with Crippen molar-refractivity contribution in [1.29, 1.82) is 0 Å². The minimum Gasteiger partial charge on any atom is -0.504 e. The van der Waals surface area contributed by atoms with Crippen LogP contribution in [0.2, 0.25) is 0 Å². The molecule has 0 amide bonds. The van der Waals surface area contributed by atoms with Gasteiger partial charge in [0.2, 0.25) is 6.79 Å². The molecule has 72 valence electrons. The predicted molar refractivity (Wildman–Crippen MR) is 48.0 cm³/mol. The van der Waals surface area contributed by atoms with Gasteiger partial charge in [-0.05, 0) is 12.1 Å². The van der Waals surface area contributed by atoms with Crippen molar-refractivity contribution < 1.29 is 19.3 Å². The summed E-state index contributed by atoms with van der Waals surface area (Å²) in [6.45, 7) is 0.641. The Morgan fingerprint density at radius 2 is 2.14 bits per heavy atom. The first-order valence-electron chi connectivity index (χ1n) is 4.29. The summed E-state index contributed by atoms with van der Waals surface area (Å²) in [7, 11) is 0. The van der Waals surface area contributed by atoms with Crippen molar-refractivity contribution in [3.63, 3.8) is 0 Å². The Bertz CT molecular complexity index is 422. The van der Waals surface area contributed by atoms with Crippen molar-refractivity contribution in [3.05, 3.63) is 29.5 Å². The molecule has 0 saturated carbocycles. The van der Waals surface area contributed by atoms with E-state index in [1.165, 1.54) is 6.26 Å². The highest BCUT2D eigenvalue weighted by atomic mass is 16.7. The standard InChI is InChI=1S/C10H8O4/c11-8-4-12-3-7-6(8)1-2-9-10(7)14-5-13-9/h1-2,4,11H,3,5H2. The molecule has 14 heavy (non-hydrogen) atoms. The fourth-order valence-corrected chi connectivity index (χ4v) is 1.68. The van der Waals surface area contributed by atoms with Crippen molar-refractivity contribution in [1.82, 2.24) is 0 Å². The maximum Gasteiger partial charge on any atom is 0.231 e. The van der Waals surface area contributed by atoms with Crippen LogP contribution >= 0.6 is 0 Å². The van der Waals surface area contributed by atoms with E-state index in [0.29, 0.717) is 18.1 Å². The Hall–Kier alpha value is -1.84. The zero-order valence-electron chi connectivity index (χ0n) is 7.32. The van der Waals surface area contributed by atoms with E-state index in [1.807, 2.05) is 0 Å². The van der Waals surface area contributed by atoms with Crippen molar-refractivity contribution in [2.75, 3.05) is 6.79 Å². The third kappa shape index (κ3) is 0.878. The van der Waals surface area contributed by atoms with E-state index in [1.54, 1.807) is 12.1 Å². The van der Waals surface area contributed by atoms with Crippen LogP contribution in [0.15, 0.2) is 18.4 Å². The molecule has 2 aliphatic rings. The third-order valence-electron chi connectivity index (χ3n) is 2.34. The zero-order chi connectivity index (χ0) is 9.54. The molecule has 0 aliphatic carbocycles. The highest BCUT2D eigenvalue weighted by molar-refractivity contribution is 5.68. The smallest absolute Gasteiger partial charge is 0.231 e. The van der Waals surface area contributed by atoms with Gasteiger partial charge in [0.25, 0.3) is 0 Å². The van der Waals surface area contributed by atoms with Gasteiger partial charge in [0, 0.05) is 11.1 Å². The maximum atomic E-state index is 9.53. The molecule has 1 aromatic rings. The molecule has 0 atom stereocenters. The number of hydrogen-bond donors (Lipinski definition) is 1. The number of rotatable bonds is 0. The van der Waals surface area contributed by atoms with Gasteiger partial charge < -0.3 is 19.3 Å².